The molecule has 1 atom stereocenters. The van der Waals surface area contributed by atoms with Gasteiger partial charge in [0.05, 0.1) is 5.54 Å². The molecule has 0 aromatic heterocycles. The Bertz CT molecular complexity index is 625. The van der Waals surface area contributed by atoms with Crippen LogP contribution in [0.5, 0.6) is 0 Å². The fraction of sp³-hybridized carbons (Fsp3) is 0.579. The van der Waals surface area contributed by atoms with Crippen LogP contribution < -0.4 is 11.1 Å². The Kier molecular flexibility index (Phi) is 5.49. The van der Waals surface area contributed by atoms with E-state index >= 15 is 0 Å². The van der Waals surface area contributed by atoms with E-state index in [0.717, 1.165) is 35.8 Å². The van der Waals surface area contributed by atoms with E-state index in [-0.39, 0.29) is 11.4 Å². The molecule has 24 heavy (non-hydrogen) atoms. The molecule has 0 bridgehead atoms. The van der Waals surface area contributed by atoms with E-state index in [1.54, 1.807) is 11.8 Å². The molecule has 2 aliphatic rings. The van der Waals surface area contributed by atoms with E-state index in [1.807, 2.05) is 18.2 Å². The van der Waals surface area contributed by atoms with Gasteiger partial charge in [-0.2, -0.15) is 0 Å². The average molecular weight is 346 g/mol. The molecule has 130 valence electrons. The minimum Gasteiger partial charge on any atom is -0.379 e. The number of hydrogen-bond acceptors (Lipinski definition) is 4. The summed E-state index contributed by atoms with van der Waals surface area (Å²) in [4.78, 5) is 16.9. The monoisotopic (exact) mass is 345 g/mol. The number of benzene rings is 1. The molecule has 4 nitrogen and oxygen atoms in total. The molecule has 0 saturated heterocycles. The van der Waals surface area contributed by atoms with Crippen LogP contribution >= 0.6 is 11.8 Å². The molecule has 1 fully saturated rings. The molecule has 1 aromatic carbocycles. The zero-order chi connectivity index (χ0) is 17.0. The molecule has 1 aromatic rings. The Balaban J connectivity index is 1.62. The van der Waals surface area contributed by atoms with Crippen molar-refractivity contribution in [2.75, 3.05) is 11.1 Å². The molecule has 0 radical (unpaired) electrons. The van der Waals surface area contributed by atoms with Crippen molar-refractivity contribution in [3.05, 3.63) is 29.8 Å². The van der Waals surface area contributed by atoms with Crippen molar-refractivity contribution in [2.24, 2.45) is 16.6 Å². The first kappa shape index (κ1) is 17.3. The minimum atomic E-state index is -0.292. The molecule has 1 amide bonds. The predicted octanol–water partition coefficient (Wildman–Crippen LogP) is 4.26. The number of amidine groups is 1. The van der Waals surface area contributed by atoms with Crippen molar-refractivity contribution in [1.82, 2.24) is 0 Å². The third kappa shape index (κ3) is 4.32. The summed E-state index contributed by atoms with van der Waals surface area (Å²) in [6.45, 7) is 2.11. The zero-order valence-electron chi connectivity index (χ0n) is 14.4. The van der Waals surface area contributed by atoms with Gasteiger partial charge in [-0.25, -0.2) is 0 Å². The molecule has 0 spiro atoms. The molecule has 1 saturated carbocycles. The van der Waals surface area contributed by atoms with Gasteiger partial charge in [-0.3, -0.25) is 9.79 Å². The second kappa shape index (κ2) is 7.60. The van der Waals surface area contributed by atoms with Gasteiger partial charge in [0, 0.05) is 17.9 Å². The molecule has 1 aliphatic carbocycles. The Labute approximate surface area is 148 Å². The van der Waals surface area contributed by atoms with E-state index in [1.165, 1.54) is 25.7 Å². The van der Waals surface area contributed by atoms with Crippen LogP contribution in [0, 0.1) is 5.92 Å². The van der Waals surface area contributed by atoms with Gasteiger partial charge >= 0.3 is 0 Å². The highest BCUT2D eigenvalue weighted by Gasteiger charge is 2.29. The summed E-state index contributed by atoms with van der Waals surface area (Å²) in [5.41, 5.74) is 7.59. The van der Waals surface area contributed by atoms with Gasteiger partial charge in [0.2, 0.25) is 5.91 Å². The lowest BCUT2D eigenvalue weighted by Gasteiger charge is -2.30. The fourth-order valence-corrected chi connectivity index (χ4v) is 4.66. The summed E-state index contributed by atoms with van der Waals surface area (Å²) in [5.74, 6) is 1.84. The summed E-state index contributed by atoms with van der Waals surface area (Å²) in [6.07, 6.45) is 7.83. The first-order chi connectivity index (χ1) is 11.5. The molecule has 1 aliphatic heterocycles. The number of amides is 1. The number of carbonyl (C=O) groups excluding carboxylic acids is 1. The van der Waals surface area contributed by atoms with Gasteiger partial charge in [-0.15, -0.1) is 0 Å². The summed E-state index contributed by atoms with van der Waals surface area (Å²) >= 11 is 1.61. The predicted molar refractivity (Wildman–Crippen MR) is 102 cm³/mol. The lowest BCUT2D eigenvalue weighted by molar-refractivity contribution is -0.116. The molecule has 5 heteroatoms. The van der Waals surface area contributed by atoms with E-state index < -0.39 is 0 Å². The number of nitrogens with one attached hydrogen (secondary N) is 1. The zero-order valence-corrected chi connectivity index (χ0v) is 15.2. The van der Waals surface area contributed by atoms with Crippen LogP contribution in [0.2, 0.25) is 0 Å². The quantitative estimate of drug-likeness (QED) is 0.838. The maximum Gasteiger partial charge on any atom is 0.224 e. The Morgan fingerprint density at radius 3 is 2.96 bits per heavy atom. The van der Waals surface area contributed by atoms with Gasteiger partial charge in [-0.05, 0) is 43.4 Å². The van der Waals surface area contributed by atoms with Crippen LogP contribution in [0.4, 0.5) is 5.69 Å². The molecular weight excluding hydrogens is 318 g/mol. The van der Waals surface area contributed by atoms with Crippen molar-refractivity contribution < 1.29 is 4.79 Å². The Hall–Kier alpha value is -1.49. The van der Waals surface area contributed by atoms with Crippen molar-refractivity contribution in [2.45, 2.75) is 57.4 Å². The maximum absolute atomic E-state index is 12.2. The normalized spacial score (nSPS) is 24.6. The van der Waals surface area contributed by atoms with Crippen LogP contribution in [0.1, 0.15) is 57.4 Å². The summed E-state index contributed by atoms with van der Waals surface area (Å²) in [6, 6.07) is 8.05. The van der Waals surface area contributed by atoms with Crippen molar-refractivity contribution in [1.29, 1.82) is 0 Å². The smallest absolute Gasteiger partial charge is 0.224 e. The number of hydrogen-bond donors (Lipinski definition) is 2. The first-order valence-corrected chi connectivity index (χ1v) is 9.92. The van der Waals surface area contributed by atoms with Crippen LogP contribution in [-0.4, -0.2) is 16.8 Å². The number of thioether (sulfide) groups is 1. The number of carbonyl (C=O) groups is 1. The largest absolute Gasteiger partial charge is 0.379 e. The third-order valence-electron chi connectivity index (χ3n) is 5.22. The van der Waals surface area contributed by atoms with Gasteiger partial charge in [0.15, 0.2) is 5.17 Å². The van der Waals surface area contributed by atoms with Crippen molar-refractivity contribution in [3.8, 4) is 0 Å². The number of rotatable bonds is 5. The van der Waals surface area contributed by atoms with E-state index in [2.05, 4.69) is 23.3 Å². The number of nitrogens with two attached hydrogens (primary N) is 1. The van der Waals surface area contributed by atoms with E-state index in [4.69, 9.17) is 5.73 Å². The van der Waals surface area contributed by atoms with Crippen LogP contribution in [0.3, 0.4) is 0 Å². The van der Waals surface area contributed by atoms with E-state index in [9.17, 15) is 4.79 Å². The lowest BCUT2D eigenvalue weighted by atomic mass is 9.89. The highest BCUT2D eigenvalue weighted by Crippen LogP contribution is 2.36. The highest BCUT2D eigenvalue weighted by molar-refractivity contribution is 8.13. The molecular formula is C19H27N3OS. The maximum atomic E-state index is 12.2. The van der Waals surface area contributed by atoms with Gasteiger partial charge < -0.3 is 11.1 Å². The van der Waals surface area contributed by atoms with Crippen LogP contribution in [-0.2, 0) is 10.3 Å². The highest BCUT2D eigenvalue weighted by atomic mass is 32.2. The molecule has 1 unspecified atom stereocenters. The SMILES string of the molecule is CC1(c2cccc(NC(=O)CCC3CCCC3)c2)CCSC(N)=N1. The second-order valence-electron chi connectivity index (χ2n) is 7.14. The Morgan fingerprint density at radius 2 is 2.21 bits per heavy atom. The molecule has 3 rings (SSSR count). The summed E-state index contributed by atoms with van der Waals surface area (Å²) in [7, 11) is 0. The minimum absolute atomic E-state index is 0.117. The van der Waals surface area contributed by atoms with Gasteiger partial charge in [0.25, 0.3) is 0 Å². The second-order valence-corrected chi connectivity index (χ2v) is 8.26. The van der Waals surface area contributed by atoms with Crippen molar-refractivity contribution >= 4 is 28.5 Å². The average Bonchev–Trinajstić information content (AvgIpc) is 3.06. The topological polar surface area (TPSA) is 67.5 Å². The Morgan fingerprint density at radius 1 is 1.42 bits per heavy atom. The first-order valence-electron chi connectivity index (χ1n) is 8.94. The van der Waals surface area contributed by atoms with Crippen LogP contribution in [0.15, 0.2) is 29.3 Å². The fourth-order valence-electron chi connectivity index (χ4n) is 3.68. The standard InChI is InChI=1S/C19H27N3OS/c1-19(11-12-24-18(20)22-19)15-7-4-8-16(13-15)21-17(23)10-9-14-5-2-3-6-14/h4,7-8,13-14H,2-3,5-6,9-12H2,1H3,(H2,20,22)(H,21,23). The molecule has 3 N–H and O–H groups in total. The van der Waals surface area contributed by atoms with Gasteiger partial charge in [-0.1, -0.05) is 49.6 Å². The van der Waals surface area contributed by atoms with Gasteiger partial charge in [0.1, 0.15) is 0 Å². The third-order valence-corrected chi connectivity index (χ3v) is 6.01. The summed E-state index contributed by atoms with van der Waals surface area (Å²) < 4.78 is 0. The lowest BCUT2D eigenvalue weighted by Crippen LogP contribution is -2.28. The van der Waals surface area contributed by atoms with Crippen LogP contribution in [0.25, 0.3) is 0 Å². The number of aliphatic imine (C=N–C) groups is 1. The number of nitrogens with zero attached hydrogens (tertiary/aromatic N) is 1. The molecule has 1 heterocycles. The van der Waals surface area contributed by atoms with E-state index in [0.29, 0.717) is 11.6 Å². The summed E-state index contributed by atoms with van der Waals surface area (Å²) in [5, 5.41) is 3.70. The number of anilines is 1. The van der Waals surface area contributed by atoms with Crippen molar-refractivity contribution in [3.63, 3.8) is 0 Å².